The lowest BCUT2D eigenvalue weighted by molar-refractivity contribution is 0.173. The van der Waals surface area contributed by atoms with Crippen molar-refractivity contribution in [2.75, 3.05) is 6.54 Å². The third-order valence-electron chi connectivity index (χ3n) is 2.97. The number of carbonyl (C=O) groups is 1. The second-order valence-corrected chi connectivity index (χ2v) is 5.43. The van der Waals surface area contributed by atoms with Crippen LogP contribution in [0, 0.1) is 12.7 Å². The highest BCUT2D eigenvalue weighted by Gasteiger charge is 2.10. The summed E-state index contributed by atoms with van der Waals surface area (Å²) in [7, 11) is 0. The number of hydrogen-bond acceptors (Lipinski definition) is 4. The van der Waals surface area contributed by atoms with Gasteiger partial charge in [-0.1, -0.05) is 12.1 Å². The predicted octanol–water partition coefficient (Wildman–Crippen LogP) is 2.12. The Morgan fingerprint density at radius 3 is 2.71 bits per heavy atom. The van der Waals surface area contributed by atoms with Gasteiger partial charge in [0.1, 0.15) is 5.82 Å². The van der Waals surface area contributed by atoms with Gasteiger partial charge in [0.05, 0.1) is 23.9 Å². The standard InChI is InChI=1S/C14H16FN3O2S/c1-9-13(21-8-18-9)7-17-14(20)16-6-12(19)10-2-4-11(15)5-3-10/h2-5,8,12,19H,6-7H2,1H3,(H2,16,17,20). The van der Waals surface area contributed by atoms with E-state index < -0.39 is 6.10 Å². The van der Waals surface area contributed by atoms with Crippen LogP contribution < -0.4 is 10.6 Å². The van der Waals surface area contributed by atoms with Gasteiger partial charge in [0.2, 0.25) is 0 Å². The number of hydrogen-bond donors (Lipinski definition) is 3. The summed E-state index contributed by atoms with van der Waals surface area (Å²) < 4.78 is 12.8. The number of aryl methyl sites for hydroxylation is 1. The molecule has 0 spiro atoms. The highest BCUT2D eigenvalue weighted by molar-refractivity contribution is 7.09. The first kappa shape index (κ1) is 15.4. The topological polar surface area (TPSA) is 74.2 Å². The molecule has 1 aromatic heterocycles. The zero-order chi connectivity index (χ0) is 15.2. The molecule has 0 aliphatic heterocycles. The monoisotopic (exact) mass is 309 g/mol. The maximum Gasteiger partial charge on any atom is 0.315 e. The fourth-order valence-corrected chi connectivity index (χ4v) is 2.43. The molecule has 0 radical (unpaired) electrons. The van der Waals surface area contributed by atoms with Gasteiger partial charge in [0.25, 0.3) is 0 Å². The fraction of sp³-hybridized carbons (Fsp3) is 0.286. The van der Waals surface area contributed by atoms with Gasteiger partial charge in [-0.05, 0) is 24.6 Å². The van der Waals surface area contributed by atoms with Gasteiger partial charge in [0, 0.05) is 11.4 Å². The van der Waals surface area contributed by atoms with Crippen LogP contribution in [0.5, 0.6) is 0 Å². The van der Waals surface area contributed by atoms with Crippen molar-refractivity contribution < 1.29 is 14.3 Å². The van der Waals surface area contributed by atoms with E-state index in [9.17, 15) is 14.3 Å². The van der Waals surface area contributed by atoms with Crippen LogP contribution in [0.25, 0.3) is 0 Å². The minimum Gasteiger partial charge on any atom is -0.387 e. The SMILES string of the molecule is Cc1ncsc1CNC(=O)NCC(O)c1ccc(F)cc1. The molecular formula is C14H16FN3O2S. The number of aromatic nitrogens is 1. The number of carbonyl (C=O) groups excluding carboxylic acids is 1. The molecular weight excluding hydrogens is 293 g/mol. The summed E-state index contributed by atoms with van der Waals surface area (Å²) in [6.45, 7) is 2.33. The summed E-state index contributed by atoms with van der Waals surface area (Å²) in [6, 6.07) is 5.14. The van der Waals surface area contributed by atoms with Crippen LogP contribution in [0.4, 0.5) is 9.18 Å². The molecule has 0 bridgehead atoms. The van der Waals surface area contributed by atoms with Gasteiger partial charge < -0.3 is 15.7 Å². The highest BCUT2D eigenvalue weighted by atomic mass is 32.1. The second-order valence-electron chi connectivity index (χ2n) is 4.49. The molecule has 2 rings (SSSR count). The maximum atomic E-state index is 12.8. The van der Waals surface area contributed by atoms with E-state index >= 15 is 0 Å². The van der Waals surface area contributed by atoms with Gasteiger partial charge >= 0.3 is 6.03 Å². The number of benzene rings is 1. The Morgan fingerprint density at radius 2 is 2.10 bits per heavy atom. The molecule has 1 atom stereocenters. The lowest BCUT2D eigenvalue weighted by atomic mass is 10.1. The van der Waals surface area contributed by atoms with Crippen molar-refractivity contribution in [1.29, 1.82) is 0 Å². The van der Waals surface area contributed by atoms with E-state index in [-0.39, 0.29) is 18.4 Å². The molecule has 2 amide bonds. The molecule has 1 unspecified atom stereocenters. The number of rotatable bonds is 5. The third kappa shape index (κ3) is 4.51. The Labute approximate surface area is 125 Å². The van der Waals surface area contributed by atoms with E-state index in [1.165, 1.54) is 35.6 Å². The summed E-state index contributed by atoms with van der Waals surface area (Å²) in [5.74, 6) is -0.364. The van der Waals surface area contributed by atoms with Crippen LogP contribution in [0.1, 0.15) is 22.2 Å². The summed E-state index contributed by atoms with van der Waals surface area (Å²) in [5, 5.41) is 15.1. The average Bonchev–Trinajstić information content (AvgIpc) is 2.88. The molecule has 0 fully saturated rings. The molecule has 2 aromatic rings. The molecule has 7 heteroatoms. The van der Waals surface area contributed by atoms with E-state index in [1.54, 1.807) is 5.51 Å². The van der Waals surface area contributed by atoms with Crippen molar-refractivity contribution in [3.05, 3.63) is 51.7 Å². The smallest absolute Gasteiger partial charge is 0.315 e. The van der Waals surface area contributed by atoms with Crippen LogP contribution in [-0.4, -0.2) is 22.7 Å². The summed E-state index contributed by atoms with van der Waals surface area (Å²) in [5.41, 5.74) is 3.17. The first-order valence-corrected chi connectivity index (χ1v) is 7.28. The molecule has 21 heavy (non-hydrogen) atoms. The lowest BCUT2D eigenvalue weighted by Crippen LogP contribution is -2.37. The van der Waals surface area contributed by atoms with E-state index in [0.717, 1.165) is 10.6 Å². The molecule has 112 valence electrons. The summed E-state index contributed by atoms with van der Waals surface area (Å²) >= 11 is 1.48. The van der Waals surface area contributed by atoms with Crippen molar-refractivity contribution in [1.82, 2.24) is 15.6 Å². The Balaban J connectivity index is 1.76. The van der Waals surface area contributed by atoms with Gasteiger partial charge in [-0.2, -0.15) is 0 Å². The van der Waals surface area contributed by atoms with Crippen LogP contribution in [0.15, 0.2) is 29.8 Å². The number of nitrogens with zero attached hydrogens (tertiary/aromatic N) is 1. The van der Waals surface area contributed by atoms with Crippen molar-refractivity contribution in [3.63, 3.8) is 0 Å². The molecule has 5 nitrogen and oxygen atoms in total. The van der Waals surface area contributed by atoms with Crippen LogP contribution >= 0.6 is 11.3 Å². The normalized spacial score (nSPS) is 12.0. The third-order valence-corrected chi connectivity index (χ3v) is 3.90. The Morgan fingerprint density at radius 1 is 1.38 bits per heavy atom. The van der Waals surface area contributed by atoms with Gasteiger partial charge in [-0.25, -0.2) is 14.2 Å². The number of aliphatic hydroxyl groups excluding tert-OH is 1. The van der Waals surface area contributed by atoms with Gasteiger partial charge in [0.15, 0.2) is 0 Å². The zero-order valence-corrected chi connectivity index (χ0v) is 12.3. The number of nitrogens with one attached hydrogen (secondary N) is 2. The minimum absolute atomic E-state index is 0.0547. The summed E-state index contributed by atoms with van der Waals surface area (Å²) in [6.07, 6.45) is -0.874. The largest absolute Gasteiger partial charge is 0.387 e. The minimum atomic E-state index is -0.874. The second kappa shape index (κ2) is 7.14. The number of urea groups is 1. The molecule has 0 saturated heterocycles. The molecule has 0 aliphatic rings. The average molecular weight is 309 g/mol. The van der Waals surface area contributed by atoms with E-state index in [4.69, 9.17) is 0 Å². The highest BCUT2D eigenvalue weighted by Crippen LogP contribution is 2.13. The number of aliphatic hydroxyl groups is 1. The van der Waals surface area contributed by atoms with Crippen LogP contribution in [0.2, 0.25) is 0 Å². The Kier molecular flexibility index (Phi) is 5.24. The number of thiazole rings is 1. The Bertz CT molecular complexity index is 601. The van der Waals surface area contributed by atoms with Crippen molar-refractivity contribution in [2.45, 2.75) is 19.6 Å². The number of halogens is 1. The quantitative estimate of drug-likeness (QED) is 0.792. The zero-order valence-electron chi connectivity index (χ0n) is 11.5. The molecule has 1 aromatic carbocycles. The summed E-state index contributed by atoms with van der Waals surface area (Å²) in [4.78, 5) is 16.7. The number of amides is 2. The molecule has 3 N–H and O–H groups in total. The van der Waals surface area contributed by atoms with Crippen LogP contribution in [0.3, 0.4) is 0 Å². The predicted molar refractivity (Wildman–Crippen MR) is 78.4 cm³/mol. The fourth-order valence-electron chi connectivity index (χ4n) is 1.71. The van der Waals surface area contributed by atoms with Gasteiger partial charge in [-0.15, -0.1) is 11.3 Å². The molecule has 0 aliphatic carbocycles. The van der Waals surface area contributed by atoms with E-state index in [0.29, 0.717) is 12.1 Å². The van der Waals surface area contributed by atoms with Crippen molar-refractivity contribution in [2.24, 2.45) is 0 Å². The Hall–Kier alpha value is -1.99. The maximum absolute atomic E-state index is 12.8. The first-order chi connectivity index (χ1) is 10.1. The lowest BCUT2D eigenvalue weighted by Gasteiger charge is -2.12. The van der Waals surface area contributed by atoms with E-state index in [1.807, 2.05) is 6.92 Å². The van der Waals surface area contributed by atoms with Crippen molar-refractivity contribution >= 4 is 17.4 Å². The van der Waals surface area contributed by atoms with E-state index in [2.05, 4.69) is 15.6 Å². The molecule has 1 heterocycles. The van der Waals surface area contributed by atoms with Gasteiger partial charge in [-0.3, -0.25) is 0 Å². The first-order valence-electron chi connectivity index (χ1n) is 6.40. The van der Waals surface area contributed by atoms with Crippen LogP contribution in [-0.2, 0) is 6.54 Å². The van der Waals surface area contributed by atoms with Crippen molar-refractivity contribution in [3.8, 4) is 0 Å². The molecule has 0 saturated carbocycles.